The van der Waals surface area contributed by atoms with Crippen LogP contribution in [0.4, 0.5) is 9.52 Å². The van der Waals surface area contributed by atoms with E-state index in [1.807, 2.05) is 12.3 Å². The first-order valence-corrected chi connectivity index (χ1v) is 14.0. The molecule has 196 valence electrons. The maximum absolute atomic E-state index is 13.7. The molecule has 0 atom stereocenters. The number of carbonyl (C=O) groups is 1. The fraction of sp³-hybridized carbons (Fsp3) is 0.429. The second-order valence-corrected chi connectivity index (χ2v) is 11.3. The summed E-state index contributed by atoms with van der Waals surface area (Å²) in [4.78, 5) is 21.7. The quantitative estimate of drug-likeness (QED) is 0.350. The molecular weight excluding hydrogens is 513 g/mol. The Labute approximate surface area is 225 Å². The minimum absolute atomic E-state index is 0.0676. The van der Waals surface area contributed by atoms with Gasteiger partial charge in [0.05, 0.1) is 17.9 Å². The minimum Gasteiger partial charge on any atom is -0.493 e. The molecule has 2 aliphatic rings. The maximum Gasteiger partial charge on any atom is 0.307 e. The number of ether oxygens (including phenoxy) is 1. The van der Waals surface area contributed by atoms with E-state index in [9.17, 15) is 9.18 Å². The summed E-state index contributed by atoms with van der Waals surface area (Å²) in [6, 6.07) is 11.8. The molecule has 5 rings (SSSR count). The van der Waals surface area contributed by atoms with Crippen molar-refractivity contribution in [3.8, 4) is 16.2 Å². The lowest BCUT2D eigenvalue weighted by Gasteiger charge is -2.47. The smallest absolute Gasteiger partial charge is 0.307 e. The first kappa shape index (κ1) is 25.9. The number of anilines is 1. The molecule has 0 spiro atoms. The Balaban J connectivity index is 1.24. The average Bonchev–Trinajstić information content (AvgIpc) is 3.57. The third kappa shape index (κ3) is 6.25. The summed E-state index contributed by atoms with van der Waals surface area (Å²) >= 11 is 7.82. The van der Waals surface area contributed by atoms with Gasteiger partial charge in [-0.05, 0) is 86.7 Å². The largest absolute Gasteiger partial charge is 0.493 e. The molecule has 0 unspecified atom stereocenters. The van der Waals surface area contributed by atoms with E-state index >= 15 is 0 Å². The number of halogens is 2. The minimum atomic E-state index is -0.892. The van der Waals surface area contributed by atoms with Crippen molar-refractivity contribution in [2.45, 2.75) is 44.1 Å². The molecule has 2 aromatic carbocycles. The summed E-state index contributed by atoms with van der Waals surface area (Å²) in [6.45, 7) is 4.59. The topological polar surface area (TPSA) is 65.9 Å². The predicted octanol–water partition coefficient (Wildman–Crippen LogP) is 6.13. The Kier molecular flexibility index (Phi) is 7.98. The average molecular weight is 544 g/mol. The van der Waals surface area contributed by atoms with Gasteiger partial charge in [0, 0.05) is 29.8 Å². The molecule has 0 saturated carbocycles. The normalized spacial score (nSPS) is 17.7. The number of aromatic nitrogens is 1. The summed E-state index contributed by atoms with van der Waals surface area (Å²) in [6.07, 6.45) is 7.14. The van der Waals surface area contributed by atoms with E-state index < -0.39 is 5.97 Å². The third-order valence-electron chi connectivity index (χ3n) is 7.47. The molecular formula is C28H31ClFN3O3S. The lowest BCUT2D eigenvalue weighted by molar-refractivity contribution is -0.136. The highest BCUT2D eigenvalue weighted by Gasteiger charge is 2.41. The van der Waals surface area contributed by atoms with Gasteiger partial charge in [-0.25, -0.2) is 9.37 Å². The van der Waals surface area contributed by atoms with Gasteiger partial charge in [-0.2, -0.15) is 0 Å². The van der Waals surface area contributed by atoms with Gasteiger partial charge < -0.3 is 14.7 Å². The highest BCUT2D eigenvalue weighted by molar-refractivity contribution is 7.18. The standard InChI is InChI=1S/C28H31ClFN3O3S/c29-22-14-20(16-26(34)35)15-24(18-22)36-13-8-28(33-9-1-2-10-33)6-11-32(12-7-28)27-31-19-25(37-27)21-4-3-5-23(30)17-21/h3-5,14-15,17-19H,1-2,6-13,16H2,(H,34,35). The van der Waals surface area contributed by atoms with Crippen molar-refractivity contribution in [3.63, 3.8) is 0 Å². The lowest BCUT2D eigenvalue weighted by atomic mass is 9.83. The first-order chi connectivity index (χ1) is 17.9. The van der Waals surface area contributed by atoms with Gasteiger partial charge in [0.1, 0.15) is 11.6 Å². The van der Waals surface area contributed by atoms with Crippen molar-refractivity contribution in [1.29, 1.82) is 0 Å². The van der Waals surface area contributed by atoms with Gasteiger partial charge in [0.25, 0.3) is 0 Å². The molecule has 37 heavy (non-hydrogen) atoms. The Bertz CT molecular complexity index is 1240. The van der Waals surface area contributed by atoms with Gasteiger partial charge in [-0.3, -0.25) is 9.69 Å². The number of hydrogen-bond acceptors (Lipinski definition) is 6. The summed E-state index contributed by atoms with van der Waals surface area (Å²) in [7, 11) is 0. The fourth-order valence-electron chi connectivity index (χ4n) is 5.56. The number of rotatable bonds is 9. The SMILES string of the molecule is O=C(O)Cc1cc(Cl)cc(OCCC2(N3CCCC3)CCN(c3ncc(-c4cccc(F)c4)s3)CC2)c1. The summed E-state index contributed by atoms with van der Waals surface area (Å²) in [5.74, 6) is -0.513. The Morgan fingerprint density at radius 1 is 1.14 bits per heavy atom. The van der Waals surface area contributed by atoms with Crippen LogP contribution in [0, 0.1) is 5.82 Å². The second kappa shape index (κ2) is 11.4. The number of carboxylic acids is 1. The Morgan fingerprint density at radius 2 is 1.92 bits per heavy atom. The van der Waals surface area contributed by atoms with Gasteiger partial charge in [0.15, 0.2) is 5.13 Å². The van der Waals surface area contributed by atoms with Crippen molar-refractivity contribution in [3.05, 3.63) is 65.1 Å². The maximum atomic E-state index is 13.7. The van der Waals surface area contributed by atoms with Crippen LogP contribution in [-0.4, -0.2) is 59.3 Å². The highest BCUT2D eigenvalue weighted by atomic mass is 35.5. The number of carboxylic acid groups (broad SMARTS) is 1. The van der Waals surface area contributed by atoms with Crippen molar-refractivity contribution in [2.24, 2.45) is 0 Å². The number of thiazole rings is 1. The molecule has 1 aromatic heterocycles. The van der Waals surface area contributed by atoms with Crippen molar-refractivity contribution in [2.75, 3.05) is 37.7 Å². The zero-order chi connectivity index (χ0) is 25.8. The molecule has 3 heterocycles. The molecule has 9 heteroatoms. The summed E-state index contributed by atoms with van der Waals surface area (Å²) in [5.41, 5.74) is 1.56. The van der Waals surface area contributed by atoms with Crippen molar-refractivity contribution >= 4 is 34.0 Å². The monoisotopic (exact) mass is 543 g/mol. The second-order valence-electron chi connectivity index (χ2n) is 9.89. The molecule has 0 aliphatic carbocycles. The van der Waals surface area contributed by atoms with Gasteiger partial charge >= 0.3 is 5.97 Å². The van der Waals surface area contributed by atoms with E-state index in [1.165, 1.54) is 18.9 Å². The van der Waals surface area contributed by atoms with E-state index in [4.69, 9.17) is 21.4 Å². The van der Waals surface area contributed by atoms with E-state index in [0.29, 0.717) is 22.9 Å². The lowest BCUT2D eigenvalue weighted by Crippen LogP contribution is -2.55. The number of likely N-dealkylation sites (tertiary alicyclic amines) is 1. The van der Waals surface area contributed by atoms with E-state index in [2.05, 4.69) is 14.8 Å². The molecule has 2 fully saturated rings. The fourth-order valence-corrected chi connectivity index (χ4v) is 6.77. The van der Waals surface area contributed by atoms with Crippen molar-refractivity contribution in [1.82, 2.24) is 9.88 Å². The highest BCUT2D eigenvalue weighted by Crippen LogP contribution is 2.39. The third-order valence-corrected chi connectivity index (χ3v) is 8.79. The van der Waals surface area contributed by atoms with Crippen LogP contribution in [-0.2, 0) is 11.2 Å². The number of nitrogens with zero attached hydrogens (tertiary/aromatic N) is 3. The van der Waals surface area contributed by atoms with E-state index in [-0.39, 0.29) is 17.8 Å². The number of piperidine rings is 1. The van der Waals surface area contributed by atoms with Gasteiger partial charge in [-0.1, -0.05) is 35.1 Å². The number of hydrogen-bond donors (Lipinski definition) is 1. The molecule has 1 N–H and O–H groups in total. The molecule has 3 aromatic rings. The molecule has 0 amide bonds. The van der Waals surface area contributed by atoms with Gasteiger partial charge in [0.2, 0.25) is 0 Å². The molecule has 2 aliphatic heterocycles. The van der Waals surface area contributed by atoms with Crippen LogP contribution in [0.25, 0.3) is 10.4 Å². The first-order valence-electron chi connectivity index (χ1n) is 12.8. The number of benzene rings is 2. The Hall–Kier alpha value is -2.68. The number of aliphatic carboxylic acids is 1. The van der Waals surface area contributed by atoms with Crippen LogP contribution in [0.3, 0.4) is 0 Å². The van der Waals surface area contributed by atoms with Gasteiger partial charge in [-0.15, -0.1) is 0 Å². The zero-order valence-electron chi connectivity index (χ0n) is 20.7. The molecule has 2 saturated heterocycles. The van der Waals surface area contributed by atoms with Crippen LogP contribution in [0.1, 0.15) is 37.7 Å². The van der Waals surface area contributed by atoms with Crippen LogP contribution in [0.5, 0.6) is 5.75 Å². The zero-order valence-corrected chi connectivity index (χ0v) is 22.2. The summed E-state index contributed by atoms with van der Waals surface area (Å²) in [5, 5.41) is 10.6. The van der Waals surface area contributed by atoms with Crippen molar-refractivity contribution < 1.29 is 19.0 Å². The molecule has 0 radical (unpaired) electrons. The van der Waals surface area contributed by atoms with E-state index in [1.54, 1.807) is 41.7 Å². The summed E-state index contributed by atoms with van der Waals surface area (Å²) < 4.78 is 19.8. The molecule has 6 nitrogen and oxygen atoms in total. The predicted molar refractivity (Wildman–Crippen MR) is 145 cm³/mol. The van der Waals surface area contributed by atoms with E-state index in [0.717, 1.165) is 61.0 Å². The van der Waals surface area contributed by atoms with Crippen LogP contribution in [0.15, 0.2) is 48.7 Å². The molecule has 0 bridgehead atoms. The van der Waals surface area contributed by atoms with Crippen LogP contribution in [0.2, 0.25) is 5.02 Å². The van der Waals surface area contributed by atoms with Crippen LogP contribution < -0.4 is 9.64 Å². The van der Waals surface area contributed by atoms with Crippen LogP contribution >= 0.6 is 22.9 Å². The Morgan fingerprint density at radius 3 is 2.65 bits per heavy atom.